The number of aromatic nitrogens is 4. The van der Waals surface area contributed by atoms with Gasteiger partial charge in [0.2, 0.25) is 0 Å². The molecular formula is C19H23N5O2S. The maximum absolute atomic E-state index is 12.5. The molecule has 142 valence electrons. The Morgan fingerprint density at radius 1 is 1.37 bits per heavy atom. The molecule has 3 rings (SSSR count). The first kappa shape index (κ1) is 19.0. The van der Waals surface area contributed by atoms with Crippen molar-refractivity contribution >= 4 is 35.1 Å². The van der Waals surface area contributed by atoms with Crippen LogP contribution in [0.1, 0.15) is 57.2 Å². The highest BCUT2D eigenvalue weighted by Crippen LogP contribution is 2.23. The van der Waals surface area contributed by atoms with Gasteiger partial charge in [0.25, 0.3) is 5.91 Å². The number of aryl methyl sites for hydroxylation is 4. The largest absolute Gasteiger partial charge is 0.361 e. The van der Waals surface area contributed by atoms with Crippen molar-refractivity contribution < 1.29 is 9.32 Å². The van der Waals surface area contributed by atoms with Gasteiger partial charge in [-0.05, 0) is 38.8 Å². The van der Waals surface area contributed by atoms with Crippen molar-refractivity contribution in [3.8, 4) is 0 Å². The van der Waals surface area contributed by atoms with E-state index < -0.39 is 0 Å². The average Bonchev–Trinajstić information content (AvgIpc) is 3.31. The Balaban J connectivity index is 1.75. The minimum atomic E-state index is -0.178. The molecule has 1 N–H and O–H groups in total. The van der Waals surface area contributed by atoms with Gasteiger partial charge >= 0.3 is 0 Å². The summed E-state index contributed by atoms with van der Waals surface area (Å²) in [6, 6.07) is 0. The van der Waals surface area contributed by atoms with Gasteiger partial charge in [-0.2, -0.15) is 5.10 Å². The highest BCUT2D eigenvalue weighted by Gasteiger charge is 2.16. The molecule has 0 aliphatic heterocycles. The lowest BCUT2D eigenvalue weighted by Gasteiger charge is -1.99. The number of nitrogens with zero attached hydrogens (tertiary/aromatic N) is 4. The van der Waals surface area contributed by atoms with E-state index in [1.165, 1.54) is 11.3 Å². The van der Waals surface area contributed by atoms with Crippen molar-refractivity contribution in [2.45, 2.75) is 40.0 Å². The molecule has 3 aromatic rings. The van der Waals surface area contributed by atoms with Gasteiger partial charge in [0.1, 0.15) is 15.6 Å². The summed E-state index contributed by atoms with van der Waals surface area (Å²) in [6.07, 6.45) is 10.3. The quantitative estimate of drug-likeness (QED) is 0.657. The third-order valence-corrected chi connectivity index (χ3v) is 5.25. The maximum Gasteiger partial charge on any atom is 0.267 e. The van der Waals surface area contributed by atoms with Gasteiger partial charge in [0, 0.05) is 18.8 Å². The number of nitrogens with one attached hydrogen (secondary N) is 1. The number of rotatable bonds is 7. The Labute approximate surface area is 162 Å². The topological polar surface area (TPSA) is 85.8 Å². The Kier molecular flexibility index (Phi) is 5.85. The van der Waals surface area contributed by atoms with Crippen LogP contribution in [0.5, 0.6) is 0 Å². The lowest BCUT2D eigenvalue weighted by Crippen LogP contribution is -2.10. The van der Waals surface area contributed by atoms with E-state index in [4.69, 9.17) is 4.52 Å². The second kappa shape index (κ2) is 8.30. The van der Waals surface area contributed by atoms with Crippen LogP contribution in [-0.2, 0) is 13.5 Å². The van der Waals surface area contributed by atoms with Crippen LogP contribution in [0.2, 0.25) is 0 Å². The van der Waals surface area contributed by atoms with E-state index in [9.17, 15) is 4.79 Å². The van der Waals surface area contributed by atoms with Gasteiger partial charge < -0.3 is 9.84 Å². The number of amides is 1. The molecule has 8 heteroatoms. The first-order chi connectivity index (χ1) is 13.0. The Hall–Kier alpha value is -2.74. The summed E-state index contributed by atoms with van der Waals surface area (Å²) < 4.78 is 6.97. The molecule has 0 saturated heterocycles. The van der Waals surface area contributed by atoms with Crippen LogP contribution in [0, 0.1) is 13.8 Å². The van der Waals surface area contributed by atoms with E-state index in [0.717, 1.165) is 41.3 Å². The van der Waals surface area contributed by atoms with Gasteiger partial charge in [0.05, 0.1) is 23.3 Å². The van der Waals surface area contributed by atoms with E-state index in [-0.39, 0.29) is 5.91 Å². The summed E-state index contributed by atoms with van der Waals surface area (Å²) in [5.41, 5.74) is 3.33. The van der Waals surface area contributed by atoms with Gasteiger partial charge in [-0.1, -0.05) is 18.5 Å². The average molecular weight is 385 g/mol. The number of carbonyl (C=O) groups excluding carboxylic acids is 1. The monoisotopic (exact) mass is 385 g/mol. The molecule has 3 aromatic heterocycles. The predicted molar refractivity (Wildman–Crippen MR) is 107 cm³/mol. The van der Waals surface area contributed by atoms with E-state index in [0.29, 0.717) is 16.3 Å². The molecule has 0 aromatic carbocycles. The van der Waals surface area contributed by atoms with Crippen LogP contribution >= 0.6 is 11.3 Å². The maximum atomic E-state index is 12.5. The highest BCUT2D eigenvalue weighted by atomic mass is 32.1. The van der Waals surface area contributed by atoms with Crippen LogP contribution in [0.15, 0.2) is 16.9 Å². The first-order valence-corrected chi connectivity index (χ1v) is 9.70. The molecule has 0 atom stereocenters. The molecule has 0 radical (unpaired) electrons. The van der Waals surface area contributed by atoms with Crippen molar-refractivity contribution in [3.63, 3.8) is 0 Å². The van der Waals surface area contributed by atoms with Gasteiger partial charge in [-0.25, -0.2) is 4.98 Å². The summed E-state index contributed by atoms with van der Waals surface area (Å²) in [5, 5.41) is 11.8. The summed E-state index contributed by atoms with van der Waals surface area (Å²) in [5.74, 6) is 0.614. The summed E-state index contributed by atoms with van der Waals surface area (Å²) in [6.45, 7) is 5.89. The predicted octanol–water partition coefficient (Wildman–Crippen LogP) is 4.25. The normalized spacial score (nSPS) is 11.4. The zero-order chi connectivity index (χ0) is 19.4. The minimum Gasteiger partial charge on any atom is -0.361 e. The molecule has 0 spiro atoms. The summed E-state index contributed by atoms with van der Waals surface area (Å²) in [4.78, 5) is 17.6. The smallest absolute Gasteiger partial charge is 0.267 e. The molecular weight excluding hydrogens is 362 g/mol. The molecule has 0 unspecified atom stereocenters. The number of carbonyl (C=O) groups is 1. The van der Waals surface area contributed by atoms with Gasteiger partial charge in [-0.3, -0.25) is 9.48 Å². The van der Waals surface area contributed by atoms with Gasteiger partial charge in [-0.15, -0.1) is 11.3 Å². The molecule has 0 bridgehead atoms. The van der Waals surface area contributed by atoms with Crippen molar-refractivity contribution in [2.24, 2.45) is 7.05 Å². The lowest BCUT2D eigenvalue weighted by molar-refractivity contribution is 0.103. The minimum absolute atomic E-state index is 0.178. The highest BCUT2D eigenvalue weighted by molar-refractivity contribution is 7.14. The third kappa shape index (κ3) is 4.51. The van der Waals surface area contributed by atoms with Crippen LogP contribution < -0.4 is 5.32 Å². The number of thiazole rings is 1. The van der Waals surface area contributed by atoms with Crippen LogP contribution in [0.4, 0.5) is 5.69 Å². The zero-order valence-electron chi connectivity index (χ0n) is 15.9. The lowest BCUT2D eigenvalue weighted by atomic mass is 10.1. The molecule has 0 aliphatic rings. The fraction of sp³-hybridized carbons (Fsp3) is 0.368. The molecule has 0 fully saturated rings. The first-order valence-electron chi connectivity index (χ1n) is 8.88. The SMILES string of the molecule is CCCCc1noc(C)c1C=Cc1nc(C)c(C(=O)Nc2cnn(C)c2)s1. The number of hydrogen-bond donors (Lipinski definition) is 1. The van der Waals surface area contributed by atoms with E-state index in [2.05, 4.69) is 27.5 Å². The summed E-state index contributed by atoms with van der Waals surface area (Å²) >= 11 is 1.36. The van der Waals surface area contributed by atoms with E-state index >= 15 is 0 Å². The number of anilines is 1. The zero-order valence-corrected chi connectivity index (χ0v) is 16.8. The molecule has 27 heavy (non-hydrogen) atoms. The molecule has 0 aliphatic carbocycles. The molecule has 7 nitrogen and oxygen atoms in total. The van der Waals surface area contributed by atoms with Crippen LogP contribution in [0.3, 0.4) is 0 Å². The van der Waals surface area contributed by atoms with E-state index in [1.807, 2.05) is 26.0 Å². The molecule has 3 heterocycles. The van der Waals surface area contributed by atoms with Gasteiger partial charge in [0.15, 0.2) is 0 Å². The molecule has 0 saturated carbocycles. The standard InChI is InChI=1S/C19H23N5O2S/c1-5-6-7-16-15(13(3)26-23-16)8-9-17-21-12(2)18(27-17)19(25)22-14-10-20-24(4)11-14/h8-11H,5-7H2,1-4H3,(H,22,25). The van der Waals surface area contributed by atoms with E-state index in [1.54, 1.807) is 24.1 Å². The second-order valence-electron chi connectivity index (χ2n) is 6.36. The van der Waals surface area contributed by atoms with Crippen LogP contribution in [-0.4, -0.2) is 25.8 Å². The van der Waals surface area contributed by atoms with Crippen molar-refractivity contribution in [1.29, 1.82) is 0 Å². The summed E-state index contributed by atoms with van der Waals surface area (Å²) in [7, 11) is 1.80. The Morgan fingerprint density at radius 3 is 2.89 bits per heavy atom. The fourth-order valence-corrected chi connectivity index (χ4v) is 3.56. The fourth-order valence-electron chi connectivity index (χ4n) is 2.69. The number of unbranched alkanes of at least 4 members (excludes halogenated alkanes) is 1. The number of hydrogen-bond acceptors (Lipinski definition) is 6. The third-order valence-electron chi connectivity index (χ3n) is 4.12. The second-order valence-corrected chi connectivity index (χ2v) is 7.39. The van der Waals surface area contributed by atoms with Crippen molar-refractivity contribution in [2.75, 3.05) is 5.32 Å². The van der Waals surface area contributed by atoms with Crippen molar-refractivity contribution in [3.05, 3.63) is 45.0 Å². The van der Waals surface area contributed by atoms with Crippen LogP contribution in [0.25, 0.3) is 12.2 Å². The Morgan fingerprint density at radius 2 is 2.19 bits per heavy atom. The Bertz CT molecular complexity index is 967. The molecule has 1 amide bonds. The van der Waals surface area contributed by atoms with Crippen molar-refractivity contribution in [1.82, 2.24) is 19.9 Å².